The number of benzene rings is 2. The minimum absolute atomic E-state index is 0.136. The first-order valence-electron chi connectivity index (χ1n) is 8.57. The molecule has 134 valence electrons. The quantitative estimate of drug-likeness (QED) is 0.560. The molecule has 0 fully saturated rings. The lowest BCUT2D eigenvalue weighted by molar-refractivity contribution is 0.414. The number of rotatable bonds is 4. The van der Waals surface area contributed by atoms with Gasteiger partial charge in [-0.3, -0.25) is 4.79 Å². The van der Waals surface area contributed by atoms with Gasteiger partial charge >= 0.3 is 0 Å². The number of aromatic nitrogens is 4. The first kappa shape index (κ1) is 16.9. The summed E-state index contributed by atoms with van der Waals surface area (Å²) in [6.07, 6.45) is 3.43. The fourth-order valence-corrected chi connectivity index (χ4v) is 3.01. The summed E-state index contributed by atoms with van der Waals surface area (Å²) < 4.78 is 6.71. The van der Waals surface area contributed by atoms with Crippen molar-refractivity contribution in [2.45, 2.75) is 13.5 Å². The highest BCUT2D eigenvalue weighted by Gasteiger charge is 2.08. The zero-order valence-electron chi connectivity index (χ0n) is 15.1. The molecule has 6 heteroatoms. The maximum Gasteiger partial charge on any atom is 0.274 e. The van der Waals surface area contributed by atoms with Gasteiger partial charge in [-0.15, -0.1) is 0 Å². The van der Waals surface area contributed by atoms with Gasteiger partial charge in [0, 0.05) is 17.1 Å². The van der Waals surface area contributed by atoms with E-state index in [0.29, 0.717) is 17.8 Å². The van der Waals surface area contributed by atoms with Crippen LogP contribution in [0.1, 0.15) is 11.4 Å². The van der Waals surface area contributed by atoms with E-state index in [2.05, 4.69) is 15.1 Å². The molecule has 0 bridgehead atoms. The molecule has 0 spiro atoms. The molecule has 0 saturated heterocycles. The van der Waals surface area contributed by atoms with Crippen LogP contribution in [0.4, 0.5) is 0 Å². The number of nitrogens with zero attached hydrogens (tertiary/aromatic N) is 4. The Labute approximate surface area is 156 Å². The molecule has 6 nitrogen and oxygen atoms in total. The third-order valence-electron chi connectivity index (χ3n) is 4.39. The second-order valence-electron chi connectivity index (χ2n) is 6.25. The summed E-state index contributed by atoms with van der Waals surface area (Å²) >= 11 is 0. The monoisotopic (exact) mass is 358 g/mol. The van der Waals surface area contributed by atoms with Crippen LogP contribution in [0.2, 0.25) is 0 Å². The minimum atomic E-state index is -0.136. The van der Waals surface area contributed by atoms with Crippen LogP contribution in [0.3, 0.4) is 0 Å². The molecule has 0 radical (unpaired) electrons. The van der Waals surface area contributed by atoms with Crippen LogP contribution in [0.15, 0.2) is 65.7 Å². The summed E-state index contributed by atoms with van der Waals surface area (Å²) in [6, 6.07) is 15.2. The fourth-order valence-electron chi connectivity index (χ4n) is 3.01. The number of aryl methyl sites for hydroxylation is 1. The number of methoxy groups -OCH3 is 1. The lowest BCUT2D eigenvalue weighted by Crippen LogP contribution is -2.23. The van der Waals surface area contributed by atoms with Crippen molar-refractivity contribution < 1.29 is 4.74 Å². The predicted molar refractivity (Wildman–Crippen MR) is 104 cm³/mol. The lowest BCUT2D eigenvalue weighted by Gasteiger charge is -2.09. The van der Waals surface area contributed by atoms with Crippen LogP contribution >= 0.6 is 0 Å². The van der Waals surface area contributed by atoms with E-state index < -0.39 is 0 Å². The fraction of sp³-hybridized carbons (Fsp3) is 0.143. The molecule has 0 amide bonds. The highest BCUT2D eigenvalue weighted by atomic mass is 16.5. The van der Waals surface area contributed by atoms with E-state index in [4.69, 9.17) is 4.74 Å². The SMILES string of the molecule is COc1cccc(Cn2ncc3ccc(-c4ccnc(C)n4)cc3c2=O)c1. The molecule has 0 saturated carbocycles. The Morgan fingerprint density at radius 1 is 1.11 bits per heavy atom. The van der Waals surface area contributed by atoms with Crippen LogP contribution in [-0.4, -0.2) is 26.9 Å². The Hall–Kier alpha value is -3.54. The summed E-state index contributed by atoms with van der Waals surface area (Å²) in [5.74, 6) is 1.44. The van der Waals surface area contributed by atoms with Gasteiger partial charge in [-0.1, -0.05) is 24.3 Å². The highest BCUT2D eigenvalue weighted by Crippen LogP contribution is 2.21. The van der Waals surface area contributed by atoms with Crippen molar-refractivity contribution in [3.63, 3.8) is 0 Å². The van der Waals surface area contributed by atoms with E-state index in [9.17, 15) is 4.79 Å². The molecule has 0 N–H and O–H groups in total. The van der Waals surface area contributed by atoms with E-state index in [0.717, 1.165) is 28.0 Å². The van der Waals surface area contributed by atoms with Crippen molar-refractivity contribution in [1.82, 2.24) is 19.7 Å². The highest BCUT2D eigenvalue weighted by molar-refractivity contribution is 5.85. The maximum absolute atomic E-state index is 13.0. The molecule has 0 unspecified atom stereocenters. The second-order valence-corrected chi connectivity index (χ2v) is 6.25. The molecule has 2 heterocycles. The Morgan fingerprint density at radius 2 is 2.00 bits per heavy atom. The largest absolute Gasteiger partial charge is 0.497 e. The van der Waals surface area contributed by atoms with Crippen molar-refractivity contribution in [2.24, 2.45) is 0 Å². The molecular weight excluding hydrogens is 340 g/mol. The van der Waals surface area contributed by atoms with E-state index in [1.54, 1.807) is 19.5 Å². The Balaban J connectivity index is 1.77. The number of hydrogen-bond donors (Lipinski definition) is 0. The van der Waals surface area contributed by atoms with Crippen LogP contribution in [0.25, 0.3) is 22.0 Å². The van der Waals surface area contributed by atoms with Gasteiger partial charge in [0.2, 0.25) is 0 Å². The van der Waals surface area contributed by atoms with Gasteiger partial charge in [-0.05, 0) is 36.8 Å². The van der Waals surface area contributed by atoms with Crippen LogP contribution in [0, 0.1) is 6.92 Å². The molecule has 2 aromatic carbocycles. The topological polar surface area (TPSA) is 69.9 Å². The number of fused-ring (bicyclic) bond motifs is 1. The third kappa shape index (κ3) is 3.42. The normalized spacial score (nSPS) is 10.9. The van der Waals surface area contributed by atoms with E-state index in [1.165, 1.54) is 4.68 Å². The number of ether oxygens (including phenoxy) is 1. The van der Waals surface area contributed by atoms with E-state index >= 15 is 0 Å². The molecule has 0 atom stereocenters. The Kier molecular flexibility index (Phi) is 4.38. The van der Waals surface area contributed by atoms with Crippen molar-refractivity contribution in [1.29, 1.82) is 0 Å². The van der Waals surface area contributed by atoms with Gasteiger partial charge in [0.15, 0.2) is 0 Å². The van der Waals surface area contributed by atoms with Gasteiger partial charge in [0.1, 0.15) is 11.6 Å². The summed E-state index contributed by atoms with van der Waals surface area (Å²) in [6.45, 7) is 2.22. The van der Waals surface area contributed by atoms with Gasteiger partial charge in [0.25, 0.3) is 5.56 Å². The van der Waals surface area contributed by atoms with Crippen molar-refractivity contribution in [2.75, 3.05) is 7.11 Å². The molecule has 2 aromatic heterocycles. The van der Waals surface area contributed by atoms with Gasteiger partial charge < -0.3 is 4.74 Å². The summed E-state index contributed by atoms with van der Waals surface area (Å²) in [5, 5.41) is 5.73. The average molecular weight is 358 g/mol. The molecule has 4 aromatic rings. The van der Waals surface area contributed by atoms with Crippen molar-refractivity contribution in [3.8, 4) is 17.0 Å². The molecule has 27 heavy (non-hydrogen) atoms. The Morgan fingerprint density at radius 3 is 2.81 bits per heavy atom. The van der Waals surface area contributed by atoms with Crippen molar-refractivity contribution in [3.05, 3.63) is 82.7 Å². The average Bonchev–Trinajstić information content (AvgIpc) is 2.70. The van der Waals surface area contributed by atoms with Crippen LogP contribution < -0.4 is 10.3 Å². The molecule has 4 rings (SSSR count). The Bertz CT molecular complexity index is 1180. The lowest BCUT2D eigenvalue weighted by atomic mass is 10.1. The second kappa shape index (κ2) is 6.99. The summed E-state index contributed by atoms with van der Waals surface area (Å²) in [4.78, 5) is 21.5. The summed E-state index contributed by atoms with van der Waals surface area (Å²) in [5.41, 5.74) is 2.48. The van der Waals surface area contributed by atoms with Crippen LogP contribution in [0.5, 0.6) is 5.75 Å². The van der Waals surface area contributed by atoms with Crippen LogP contribution in [-0.2, 0) is 6.54 Å². The first-order chi connectivity index (χ1) is 13.1. The first-order valence-corrected chi connectivity index (χ1v) is 8.57. The smallest absolute Gasteiger partial charge is 0.274 e. The number of hydrogen-bond acceptors (Lipinski definition) is 5. The third-order valence-corrected chi connectivity index (χ3v) is 4.39. The van der Waals surface area contributed by atoms with Gasteiger partial charge in [-0.2, -0.15) is 5.10 Å². The molecule has 0 aliphatic carbocycles. The van der Waals surface area contributed by atoms with Gasteiger partial charge in [0.05, 0.1) is 30.9 Å². The van der Waals surface area contributed by atoms with Crippen molar-refractivity contribution >= 4 is 10.8 Å². The van der Waals surface area contributed by atoms with Gasteiger partial charge in [-0.25, -0.2) is 14.6 Å². The molecular formula is C21H18N4O2. The van der Waals surface area contributed by atoms with E-state index in [1.807, 2.05) is 55.5 Å². The molecule has 0 aliphatic heterocycles. The molecule has 0 aliphatic rings. The summed E-state index contributed by atoms with van der Waals surface area (Å²) in [7, 11) is 1.62. The zero-order chi connectivity index (χ0) is 18.8. The maximum atomic E-state index is 13.0. The standard InChI is InChI=1S/C21H18N4O2/c1-14-22-9-8-20(24-14)16-6-7-17-12-23-25(21(26)19(17)11-16)13-15-4-3-5-18(10-15)27-2/h3-12H,13H2,1-2H3. The predicted octanol–water partition coefficient (Wildman–Crippen LogP) is 3.22. The zero-order valence-corrected chi connectivity index (χ0v) is 15.1. The van der Waals surface area contributed by atoms with E-state index in [-0.39, 0.29) is 5.56 Å². The minimum Gasteiger partial charge on any atom is -0.497 e.